The summed E-state index contributed by atoms with van der Waals surface area (Å²) >= 11 is 0. The van der Waals surface area contributed by atoms with E-state index in [1.807, 2.05) is 40.0 Å². The van der Waals surface area contributed by atoms with Crippen LogP contribution in [0, 0.1) is 6.92 Å². The second-order valence-electron chi connectivity index (χ2n) is 6.94. The third kappa shape index (κ3) is 3.56. The SMILES string of the molecule is Cc1cc(NC(=O)NCc2cn(C3COC3)nn2)n(C(C)(C)C)n1. The lowest BCUT2D eigenvalue weighted by molar-refractivity contribution is -0.0293. The van der Waals surface area contributed by atoms with Crippen LogP contribution >= 0.6 is 0 Å². The highest BCUT2D eigenvalue weighted by atomic mass is 16.5. The van der Waals surface area contributed by atoms with E-state index in [0.29, 0.717) is 31.3 Å². The minimum Gasteiger partial charge on any atom is -0.377 e. The topological polar surface area (TPSA) is 98.9 Å². The van der Waals surface area contributed by atoms with Crippen LogP contribution in [0.4, 0.5) is 10.6 Å². The number of carbonyl (C=O) groups excluding carboxylic acids is 1. The van der Waals surface area contributed by atoms with Gasteiger partial charge in [-0.25, -0.2) is 14.2 Å². The fraction of sp³-hybridized carbons (Fsp3) is 0.600. The van der Waals surface area contributed by atoms with Crippen molar-refractivity contribution in [3.8, 4) is 0 Å². The summed E-state index contributed by atoms with van der Waals surface area (Å²) < 4.78 is 8.70. The van der Waals surface area contributed by atoms with Gasteiger partial charge in [-0.3, -0.25) is 5.32 Å². The molecular weight excluding hydrogens is 310 g/mol. The second kappa shape index (κ2) is 6.23. The van der Waals surface area contributed by atoms with Gasteiger partial charge >= 0.3 is 6.03 Å². The molecule has 0 atom stereocenters. The van der Waals surface area contributed by atoms with E-state index < -0.39 is 0 Å². The van der Waals surface area contributed by atoms with Crippen molar-refractivity contribution in [1.29, 1.82) is 0 Å². The van der Waals surface area contributed by atoms with Gasteiger partial charge in [-0.2, -0.15) is 5.10 Å². The van der Waals surface area contributed by atoms with Gasteiger partial charge in [-0.1, -0.05) is 5.21 Å². The maximum absolute atomic E-state index is 12.1. The van der Waals surface area contributed by atoms with Crippen molar-refractivity contribution >= 4 is 11.8 Å². The van der Waals surface area contributed by atoms with Crippen molar-refractivity contribution in [2.45, 2.75) is 45.8 Å². The Kier molecular flexibility index (Phi) is 4.27. The first-order valence-electron chi connectivity index (χ1n) is 7.93. The van der Waals surface area contributed by atoms with E-state index in [0.717, 1.165) is 5.69 Å². The average Bonchev–Trinajstić information content (AvgIpc) is 3.01. The highest BCUT2D eigenvalue weighted by molar-refractivity contribution is 5.88. The molecule has 1 aliphatic rings. The zero-order chi connectivity index (χ0) is 17.3. The first-order chi connectivity index (χ1) is 11.3. The van der Waals surface area contributed by atoms with Crippen LogP contribution < -0.4 is 10.6 Å². The number of hydrogen-bond donors (Lipinski definition) is 2. The average molecular weight is 333 g/mol. The smallest absolute Gasteiger partial charge is 0.320 e. The predicted octanol–water partition coefficient (Wildman–Crippen LogP) is 1.43. The third-order valence-corrected chi connectivity index (χ3v) is 3.69. The van der Waals surface area contributed by atoms with Crippen LogP contribution in [0.15, 0.2) is 12.3 Å². The van der Waals surface area contributed by atoms with Crippen LogP contribution in [0.5, 0.6) is 0 Å². The van der Waals surface area contributed by atoms with Crippen molar-refractivity contribution in [1.82, 2.24) is 30.1 Å². The molecule has 24 heavy (non-hydrogen) atoms. The Balaban J connectivity index is 1.57. The Morgan fingerprint density at radius 2 is 2.17 bits per heavy atom. The number of urea groups is 1. The van der Waals surface area contributed by atoms with Crippen molar-refractivity contribution in [2.24, 2.45) is 0 Å². The molecule has 0 saturated carbocycles. The molecular formula is C15H23N7O2. The lowest BCUT2D eigenvalue weighted by Crippen LogP contribution is -2.32. The summed E-state index contributed by atoms with van der Waals surface area (Å²) in [5.41, 5.74) is 1.34. The van der Waals surface area contributed by atoms with Gasteiger partial charge in [-0.05, 0) is 27.7 Å². The Morgan fingerprint density at radius 3 is 2.79 bits per heavy atom. The first-order valence-corrected chi connectivity index (χ1v) is 7.93. The lowest BCUT2D eigenvalue weighted by Gasteiger charge is -2.25. The van der Waals surface area contributed by atoms with Crippen LogP contribution in [-0.4, -0.2) is 44.0 Å². The Hall–Kier alpha value is -2.42. The van der Waals surface area contributed by atoms with Crippen molar-refractivity contribution < 1.29 is 9.53 Å². The lowest BCUT2D eigenvalue weighted by atomic mass is 10.1. The van der Waals surface area contributed by atoms with E-state index >= 15 is 0 Å². The van der Waals surface area contributed by atoms with Crippen LogP contribution in [0.25, 0.3) is 0 Å². The van der Waals surface area contributed by atoms with Crippen molar-refractivity contribution in [3.05, 3.63) is 23.7 Å². The predicted molar refractivity (Wildman–Crippen MR) is 87.7 cm³/mol. The minimum atomic E-state index is -0.304. The highest BCUT2D eigenvalue weighted by Crippen LogP contribution is 2.21. The molecule has 0 aliphatic carbocycles. The van der Waals surface area contributed by atoms with Gasteiger partial charge in [0.15, 0.2) is 0 Å². The number of nitrogens with one attached hydrogen (secondary N) is 2. The first kappa shape index (κ1) is 16.4. The van der Waals surface area contributed by atoms with E-state index in [1.54, 1.807) is 9.36 Å². The van der Waals surface area contributed by atoms with Gasteiger partial charge in [0.1, 0.15) is 17.6 Å². The monoisotopic (exact) mass is 333 g/mol. The number of amides is 2. The van der Waals surface area contributed by atoms with E-state index in [-0.39, 0.29) is 17.6 Å². The van der Waals surface area contributed by atoms with Gasteiger partial charge in [-0.15, -0.1) is 5.10 Å². The van der Waals surface area contributed by atoms with Gasteiger partial charge in [0.25, 0.3) is 0 Å². The van der Waals surface area contributed by atoms with Gasteiger partial charge in [0.2, 0.25) is 0 Å². The molecule has 3 rings (SSSR count). The summed E-state index contributed by atoms with van der Waals surface area (Å²) in [5.74, 6) is 0.660. The summed E-state index contributed by atoms with van der Waals surface area (Å²) in [6.07, 6.45) is 1.83. The number of anilines is 1. The van der Waals surface area contributed by atoms with Crippen LogP contribution in [0.3, 0.4) is 0 Å². The fourth-order valence-corrected chi connectivity index (χ4v) is 2.38. The highest BCUT2D eigenvalue weighted by Gasteiger charge is 2.22. The molecule has 130 valence electrons. The van der Waals surface area contributed by atoms with Crippen molar-refractivity contribution in [2.75, 3.05) is 18.5 Å². The molecule has 0 bridgehead atoms. The molecule has 0 aromatic carbocycles. The van der Waals surface area contributed by atoms with Gasteiger partial charge < -0.3 is 10.1 Å². The number of carbonyl (C=O) groups is 1. The number of ether oxygens (including phenoxy) is 1. The third-order valence-electron chi connectivity index (χ3n) is 3.69. The zero-order valence-electron chi connectivity index (χ0n) is 14.4. The molecule has 9 heteroatoms. The Morgan fingerprint density at radius 1 is 1.42 bits per heavy atom. The second-order valence-corrected chi connectivity index (χ2v) is 6.94. The van der Waals surface area contributed by atoms with Crippen LogP contribution in [-0.2, 0) is 16.8 Å². The molecule has 1 aliphatic heterocycles. The molecule has 3 heterocycles. The van der Waals surface area contributed by atoms with Gasteiger partial charge in [0.05, 0.1) is 37.2 Å². The van der Waals surface area contributed by atoms with E-state index in [2.05, 4.69) is 26.0 Å². The number of hydrogen-bond acceptors (Lipinski definition) is 5. The summed E-state index contributed by atoms with van der Waals surface area (Å²) in [4.78, 5) is 12.1. The largest absolute Gasteiger partial charge is 0.377 e. The zero-order valence-corrected chi connectivity index (χ0v) is 14.4. The van der Waals surface area contributed by atoms with E-state index in [1.165, 1.54) is 0 Å². The summed E-state index contributed by atoms with van der Waals surface area (Å²) in [6.45, 7) is 9.62. The van der Waals surface area contributed by atoms with E-state index in [9.17, 15) is 4.79 Å². The number of rotatable bonds is 4. The normalized spacial score (nSPS) is 15.2. The van der Waals surface area contributed by atoms with E-state index in [4.69, 9.17) is 4.74 Å². The summed E-state index contributed by atoms with van der Waals surface area (Å²) in [6, 6.07) is 1.80. The molecule has 0 spiro atoms. The molecule has 0 radical (unpaired) electrons. The minimum absolute atomic E-state index is 0.218. The Labute approximate surface area is 140 Å². The van der Waals surface area contributed by atoms with Gasteiger partial charge in [0, 0.05) is 6.07 Å². The fourth-order valence-electron chi connectivity index (χ4n) is 2.38. The Bertz CT molecular complexity index is 725. The maximum atomic E-state index is 12.1. The molecule has 9 nitrogen and oxygen atoms in total. The molecule has 2 aromatic rings. The summed E-state index contributed by atoms with van der Waals surface area (Å²) in [5, 5.41) is 18.2. The number of aryl methyl sites for hydroxylation is 1. The molecule has 2 aromatic heterocycles. The maximum Gasteiger partial charge on any atom is 0.320 e. The molecule has 2 N–H and O–H groups in total. The quantitative estimate of drug-likeness (QED) is 0.882. The van der Waals surface area contributed by atoms with Crippen molar-refractivity contribution in [3.63, 3.8) is 0 Å². The molecule has 1 fully saturated rings. The summed E-state index contributed by atoms with van der Waals surface area (Å²) in [7, 11) is 0. The molecule has 2 amide bonds. The van der Waals surface area contributed by atoms with Crippen LogP contribution in [0.1, 0.15) is 38.2 Å². The number of nitrogens with zero attached hydrogens (tertiary/aromatic N) is 5. The molecule has 0 unspecified atom stereocenters. The number of aromatic nitrogens is 5. The molecule has 1 saturated heterocycles. The van der Waals surface area contributed by atoms with Crippen LogP contribution in [0.2, 0.25) is 0 Å². The standard InChI is InChI=1S/C15H23N7O2/c1-10-5-13(22(19-10)15(2,3)4)17-14(23)16-6-11-7-21(20-18-11)12-8-24-9-12/h5,7,12H,6,8-9H2,1-4H3,(H2,16,17,23).